The third-order valence-electron chi connectivity index (χ3n) is 2.94. The fraction of sp³-hybridized carbons (Fsp3) is 0.455. The molecule has 1 N–H and O–H groups in total. The van der Waals surface area contributed by atoms with Gasteiger partial charge in [0.05, 0.1) is 19.3 Å². The van der Waals surface area contributed by atoms with E-state index in [-0.39, 0.29) is 11.6 Å². The molecule has 5 heteroatoms. The van der Waals surface area contributed by atoms with Crippen molar-refractivity contribution >= 4 is 5.97 Å². The standard InChI is InChI=1S/C11H13NO4/c1-16-11(15)7-3-2-6-12(10(7)14)8-4-5-9(8)13/h2-3,6,8-9,13H,4-5H2,1H3/t8?,9-/m0/s1. The van der Waals surface area contributed by atoms with E-state index in [0.717, 1.165) is 6.42 Å². The maximum atomic E-state index is 11.9. The van der Waals surface area contributed by atoms with Gasteiger partial charge in [-0.25, -0.2) is 4.79 Å². The van der Waals surface area contributed by atoms with Crippen molar-refractivity contribution in [1.82, 2.24) is 4.57 Å². The van der Waals surface area contributed by atoms with Crippen LogP contribution >= 0.6 is 0 Å². The number of aromatic nitrogens is 1. The highest BCUT2D eigenvalue weighted by molar-refractivity contribution is 5.88. The van der Waals surface area contributed by atoms with Crippen LogP contribution in [0.25, 0.3) is 0 Å². The number of aliphatic hydroxyl groups excluding tert-OH is 1. The molecule has 0 saturated heterocycles. The van der Waals surface area contributed by atoms with Gasteiger partial charge in [0.1, 0.15) is 5.56 Å². The summed E-state index contributed by atoms with van der Waals surface area (Å²) < 4.78 is 5.92. The number of esters is 1. The van der Waals surface area contributed by atoms with Gasteiger partial charge in [-0.05, 0) is 25.0 Å². The normalized spacial score (nSPS) is 23.6. The number of hydrogen-bond acceptors (Lipinski definition) is 4. The molecular formula is C11H13NO4. The van der Waals surface area contributed by atoms with Crippen LogP contribution in [0.4, 0.5) is 0 Å². The van der Waals surface area contributed by atoms with Crippen LogP contribution in [0.2, 0.25) is 0 Å². The first-order valence-electron chi connectivity index (χ1n) is 5.12. The highest BCUT2D eigenvalue weighted by Crippen LogP contribution is 2.30. The summed E-state index contributed by atoms with van der Waals surface area (Å²) in [5, 5.41) is 9.50. The van der Waals surface area contributed by atoms with Crippen LogP contribution in [-0.4, -0.2) is 28.9 Å². The number of hydrogen-bond donors (Lipinski definition) is 1. The van der Waals surface area contributed by atoms with E-state index < -0.39 is 17.6 Å². The van der Waals surface area contributed by atoms with Crippen LogP contribution < -0.4 is 5.56 Å². The molecule has 0 spiro atoms. The van der Waals surface area contributed by atoms with Gasteiger partial charge in [0.15, 0.2) is 0 Å². The van der Waals surface area contributed by atoms with Crippen molar-refractivity contribution in [2.45, 2.75) is 25.0 Å². The lowest BCUT2D eigenvalue weighted by Gasteiger charge is -2.33. The minimum Gasteiger partial charge on any atom is -0.465 e. The molecule has 1 saturated carbocycles. The monoisotopic (exact) mass is 223 g/mol. The summed E-state index contributed by atoms with van der Waals surface area (Å²) in [6.07, 6.45) is 2.54. The molecule has 0 aromatic carbocycles. The van der Waals surface area contributed by atoms with E-state index in [1.165, 1.54) is 17.7 Å². The molecule has 0 amide bonds. The molecule has 16 heavy (non-hydrogen) atoms. The molecule has 1 aliphatic carbocycles. The SMILES string of the molecule is COC(=O)c1cccn(C2CC[C@@H]2O)c1=O. The lowest BCUT2D eigenvalue weighted by molar-refractivity contribution is 0.0293. The largest absolute Gasteiger partial charge is 0.465 e. The van der Waals surface area contributed by atoms with Crippen LogP contribution in [0.5, 0.6) is 0 Å². The number of methoxy groups -OCH3 is 1. The van der Waals surface area contributed by atoms with E-state index in [2.05, 4.69) is 4.74 Å². The number of ether oxygens (including phenoxy) is 1. The molecule has 1 aromatic rings. The Hall–Kier alpha value is -1.62. The predicted molar refractivity (Wildman–Crippen MR) is 56.3 cm³/mol. The zero-order valence-electron chi connectivity index (χ0n) is 8.92. The Morgan fingerprint density at radius 3 is 2.81 bits per heavy atom. The van der Waals surface area contributed by atoms with Gasteiger partial charge in [-0.2, -0.15) is 0 Å². The minimum absolute atomic E-state index is 0.00380. The molecular weight excluding hydrogens is 210 g/mol. The van der Waals surface area contributed by atoms with Gasteiger partial charge in [-0.1, -0.05) is 0 Å². The van der Waals surface area contributed by atoms with Crippen molar-refractivity contribution in [3.8, 4) is 0 Å². The van der Waals surface area contributed by atoms with Crippen LogP contribution in [0, 0.1) is 0 Å². The number of pyridine rings is 1. The first-order chi connectivity index (χ1) is 7.65. The van der Waals surface area contributed by atoms with E-state index in [1.807, 2.05) is 0 Å². The van der Waals surface area contributed by atoms with Gasteiger partial charge in [0.25, 0.3) is 5.56 Å². The van der Waals surface area contributed by atoms with E-state index in [4.69, 9.17) is 0 Å². The Bertz CT molecular complexity index is 465. The fourth-order valence-electron chi connectivity index (χ4n) is 1.83. The van der Waals surface area contributed by atoms with E-state index in [9.17, 15) is 14.7 Å². The fourth-order valence-corrected chi connectivity index (χ4v) is 1.83. The van der Waals surface area contributed by atoms with Crippen LogP contribution in [-0.2, 0) is 4.74 Å². The molecule has 0 aliphatic heterocycles. The lowest BCUT2D eigenvalue weighted by atomic mass is 9.89. The van der Waals surface area contributed by atoms with Gasteiger partial charge >= 0.3 is 5.97 Å². The molecule has 1 heterocycles. The Kier molecular flexibility index (Phi) is 2.78. The number of aliphatic hydroxyl groups is 1. The molecule has 5 nitrogen and oxygen atoms in total. The molecule has 1 aromatic heterocycles. The Morgan fingerprint density at radius 1 is 1.56 bits per heavy atom. The third-order valence-corrected chi connectivity index (χ3v) is 2.94. The summed E-state index contributed by atoms with van der Waals surface area (Å²) in [5.41, 5.74) is -0.401. The maximum absolute atomic E-state index is 11.9. The average Bonchev–Trinajstić information content (AvgIpc) is 2.29. The summed E-state index contributed by atoms with van der Waals surface area (Å²) in [6.45, 7) is 0. The molecule has 2 rings (SSSR count). The number of carbonyl (C=O) groups excluding carboxylic acids is 1. The van der Waals surface area contributed by atoms with Crippen molar-refractivity contribution in [2.75, 3.05) is 7.11 Å². The number of rotatable bonds is 2. The van der Waals surface area contributed by atoms with E-state index >= 15 is 0 Å². The van der Waals surface area contributed by atoms with Crippen molar-refractivity contribution in [2.24, 2.45) is 0 Å². The lowest BCUT2D eigenvalue weighted by Crippen LogP contribution is -2.40. The second kappa shape index (κ2) is 4.09. The summed E-state index contributed by atoms with van der Waals surface area (Å²) >= 11 is 0. The Morgan fingerprint density at radius 2 is 2.31 bits per heavy atom. The predicted octanol–water partition coefficient (Wildman–Crippen LogP) is 0.331. The van der Waals surface area contributed by atoms with Crippen molar-refractivity contribution in [1.29, 1.82) is 0 Å². The zero-order chi connectivity index (χ0) is 11.7. The van der Waals surface area contributed by atoms with Crippen molar-refractivity contribution < 1.29 is 14.6 Å². The molecule has 1 aliphatic rings. The summed E-state index contributed by atoms with van der Waals surface area (Å²) in [4.78, 5) is 23.2. The first-order valence-corrected chi connectivity index (χ1v) is 5.12. The molecule has 0 bridgehead atoms. The molecule has 1 fully saturated rings. The Balaban J connectivity index is 2.41. The van der Waals surface area contributed by atoms with Gasteiger partial charge in [0.2, 0.25) is 0 Å². The summed E-state index contributed by atoms with van der Waals surface area (Å²) in [5.74, 6) is -0.645. The molecule has 0 radical (unpaired) electrons. The topological polar surface area (TPSA) is 68.5 Å². The summed E-state index contributed by atoms with van der Waals surface area (Å²) in [6, 6.07) is 2.83. The maximum Gasteiger partial charge on any atom is 0.343 e. The molecule has 2 atom stereocenters. The zero-order valence-corrected chi connectivity index (χ0v) is 8.92. The molecule has 1 unspecified atom stereocenters. The average molecular weight is 223 g/mol. The minimum atomic E-state index is -0.645. The van der Waals surface area contributed by atoms with E-state index in [1.54, 1.807) is 12.3 Å². The van der Waals surface area contributed by atoms with E-state index in [0.29, 0.717) is 6.42 Å². The molecule has 86 valence electrons. The number of carbonyl (C=O) groups is 1. The highest BCUT2D eigenvalue weighted by Gasteiger charge is 2.31. The van der Waals surface area contributed by atoms with Gasteiger partial charge < -0.3 is 14.4 Å². The summed E-state index contributed by atoms with van der Waals surface area (Å²) in [7, 11) is 1.23. The highest BCUT2D eigenvalue weighted by atomic mass is 16.5. The Labute approximate surface area is 92.3 Å². The van der Waals surface area contributed by atoms with Crippen LogP contribution in [0.1, 0.15) is 29.2 Å². The van der Waals surface area contributed by atoms with Crippen LogP contribution in [0.15, 0.2) is 23.1 Å². The number of nitrogens with zero attached hydrogens (tertiary/aromatic N) is 1. The van der Waals surface area contributed by atoms with Crippen molar-refractivity contribution in [3.05, 3.63) is 34.2 Å². The first kappa shape index (κ1) is 10.9. The quantitative estimate of drug-likeness (QED) is 0.734. The van der Waals surface area contributed by atoms with Crippen molar-refractivity contribution in [3.63, 3.8) is 0 Å². The van der Waals surface area contributed by atoms with Gasteiger partial charge in [-0.15, -0.1) is 0 Å². The van der Waals surface area contributed by atoms with Crippen LogP contribution in [0.3, 0.4) is 0 Å². The second-order valence-electron chi connectivity index (χ2n) is 3.84. The second-order valence-corrected chi connectivity index (χ2v) is 3.84. The van der Waals surface area contributed by atoms with Gasteiger partial charge in [0, 0.05) is 6.20 Å². The smallest absolute Gasteiger partial charge is 0.343 e. The third kappa shape index (κ3) is 1.63. The van der Waals surface area contributed by atoms with Gasteiger partial charge in [-0.3, -0.25) is 4.79 Å².